The topological polar surface area (TPSA) is 47.3 Å². The largest absolute Gasteiger partial charge is 0.334 e. The van der Waals surface area contributed by atoms with E-state index in [4.69, 9.17) is 5.26 Å². The molecule has 0 spiro atoms. The van der Waals surface area contributed by atoms with Crippen LogP contribution in [0.1, 0.15) is 41.6 Å². The summed E-state index contributed by atoms with van der Waals surface area (Å²) in [5, 5.41) is 8.92. The molecule has 4 rings (SSSR count). The minimum absolute atomic E-state index is 0.156. The van der Waals surface area contributed by atoms with Gasteiger partial charge in [-0.25, -0.2) is 0 Å². The third-order valence-electron chi connectivity index (χ3n) is 5.78. The van der Waals surface area contributed by atoms with Gasteiger partial charge in [0.15, 0.2) is 0 Å². The summed E-state index contributed by atoms with van der Waals surface area (Å²) in [6.07, 6.45) is 4.80. The van der Waals surface area contributed by atoms with Crippen molar-refractivity contribution in [3.8, 4) is 17.2 Å². The molecule has 27 heavy (non-hydrogen) atoms. The Morgan fingerprint density at radius 1 is 0.926 bits per heavy atom. The van der Waals surface area contributed by atoms with Gasteiger partial charge in [0, 0.05) is 24.7 Å². The maximum Gasteiger partial charge on any atom is 0.254 e. The Hall–Kier alpha value is -2.64. The smallest absolute Gasteiger partial charge is 0.254 e. The molecule has 2 fully saturated rings. The van der Waals surface area contributed by atoms with Crippen LogP contribution in [0, 0.1) is 11.3 Å². The lowest BCUT2D eigenvalue weighted by Gasteiger charge is -2.28. The zero-order chi connectivity index (χ0) is 18.6. The second-order valence-corrected chi connectivity index (χ2v) is 7.57. The first-order valence-corrected chi connectivity index (χ1v) is 9.88. The minimum atomic E-state index is 0.156. The number of carbonyl (C=O) groups excluding carboxylic acids is 1. The van der Waals surface area contributed by atoms with Crippen molar-refractivity contribution in [3.63, 3.8) is 0 Å². The van der Waals surface area contributed by atoms with Gasteiger partial charge in [0.2, 0.25) is 0 Å². The zero-order valence-corrected chi connectivity index (χ0v) is 15.6. The highest BCUT2D eigenvalue weighted by atomic mass is 16.2. The molecule has 2 aliphatic rings. The molecule has 2 saturated heterocycles. The van der Waals surface area contributed by atoms with Crippen molar-refractivity contribution in [2.24, 2.45) is 0 Å². The van der Waals surface area contributed by atoms with Crippen molar-refractivity contribution in [1.29, 1.82) is 5.26 Å². The van der Waals surface area contributed by atoms with Crippen LogP contribution >= 0.6 is 0 Å². The quantitative estimate of drug-likeness (QED) is 0.831. The lowest BCUT2D eigenvalue weighted by atomic mass is 10.0. The molecule has 4 heteroatoms. The first kappa shape index (κ1) is 17.8. The predicted octanol–water partition coefficient (Wildman–Crippen LogP) is 3.93. The molecule has 0 radical (unpaired) electrons. The number of benzene rings is 2. The predicted molar refractivity (Wildman–Crippen MR) is 106 cm³/mol. The molecule has 0 unspecified atom stereocenters. The Morgan fingerprint density at radius 3 is 2.19 bits per heavy atom. The third kappa shape index (κ3) is 3.89. The highest BCUT2D eigenvalue weighted by Gasteiger charge is 2.31. The Balaban J connectivity index is 1.45. The van der Waals surface area contributed by atoms with Gasteiger partial charge in [0.1, 0.15) is 0 Å². The highest BCUT2D eigenvalue weighted by Crippen LogP contribution is 2.25. The van der Waals surface area contributed by atoms with Crippen molar-refractivity contribution in [3.05, 3.63) is 59.7 Å². The average molecular weight is 359 g/mol. The van der Waals surface area contributed by atoms with Crippen LogP contribution in [0.4, 0.5) is 0 Å². The molecule has 2 heterocycles. The maximum absolute atomic E-state index is 13.0. The standard InChI is InChI=1S/C23H25N3O/c24-16-18-5-7-19(8-6-18)20-9-11-21(12-10-20)23(27)26-15-3-4-22(26)17-25-13-1-2-14-25/h5-12,22H,1-4,13-15,17H2/t22-/m0/s1. The lowest BCUT2D eigenvalue weighted by molar-refractivity contribution is 0.0709. The van der Waals surface area contributed by atoms with Crippen molar-refractivity contribution < 1.29 is 4.79 Å². The van der Waals surface area contributed by atoms with Crippen LogP contribution in [0.5, 0.6) is 0 Å². The summed E-state index contributed by atoms with van der Waals surface area (Å²) in [5.74, 6) is 0.156. The summed E-state index contributed by atoms with van der Waals surface area (Å²) >= 11 is 0. The molecule has 0 bridgehead atoms. The molecule has 138 valence electrons. The Kier molecular flexibility index (Phi) is 5.22. The van der Waals surface area contributed by atoms with Crippen LogP contribution in [0.3, 0.4) is 0 Å². The van der Waals surface area contributed by atoms with E-state index in [1.54, 1.807) is 0 Å². The van der Waals surface area contributed by atoms with Crippen molar-refractivity contribution >= 4 is 5.91 Å². The van der Waals surface area contributed by atoms with E-state index in [9.17, 15) is 4.79 Å². The second-order valence-electron chi connectivity index (χ2n) is 7.57. The zero-order valence-electron chi connectivity index (χ0n) is 15.6. The van der Waals surface area contributed by atoms with Crippen LogP contribution in [0.25, 0.3) is 11.1 Å². The van der Waals surface area contributed by atoms with Gasteiger partial charge in [-0.2, -0.15) is 5.26 Å². The minimum Gasteiger partial charge on any atom is -0.334 e. The van der Waals surface area contributed by atoms with Crippen LogP contribution < -0.4 is 0 Å². The Bertz CT molecular complexity index is 829. The molecule has 2 aromatic carbocycles. The molecule has 0 aliphatic carbocycles. The van der Waals surface area contributed by atoms with Crippen LogP contribution in [-0.2, 0) is 0 Å². The van der Waals surface area contributed by atoms with Crippen molar-refractivity contribution in [2.75, 3.05) is 26.2 Å². The number of hydrogen-bond acceptors (Lipinski definition) is 3. The van der Waals surface area contributed by atoms with E-state index in [1.165, 1.54) is 25.9 Å². The molecule has 4 nitrogen and oxygen atoms in total. The van der Waals surface area contributed by atoms with Gasteiger partial charge in [-0.05, 0) is 74.2 Å². The van der Waals surface area contributed by atoms with Gasteiger partial charge >= 0.3 is 0 Å². The first-order valence-electron chi connectivity index (χ1n) is 9.88. The summed E-state index contributed by atoms with van der Waals surface area (Å²) in [5.41, 5.74) is 3.54. The molecule has 2 aliphatic heterocycles. The van der Waals surface area contributed by atoms with Crippen molar-refractivity contribution in [1.82, 2.24) is 9.80 Å². The normalized spacial score (nSPS) is 20.0. The van der Waals surface area contributed by atoms with E-state index in [1.807, 2.05) is 48.5 Å². The fourth-order valence-corrected chi connectivity index (χ4v) is 4.26. The van der Waals surface area contributed by atoms with E-state index >= 15 is 0 Å². The number of nitrogens with zero attached hydrogens (tertiary/aromatic N) is 3. The summed E-state index contributed by atoms with van der Waals surface area (Å²) in [6.45, 7) is 4.25. The number of amides is 1. The molecular weight excluding hydrogens is 334 g/mol. The summed E-state index contributed by atoms with van der Waals surface area (Å²) in [6, 6.07) is 17.9. The van der Waals surface area contributed by atoms with Gasteiger partial charge in [-0.15, -0.1) is 0 Å². The number of nitriles is 1. The number of rotatable bonds is 4. The fraction of sp³-hybridized carbons (Fsp3) is 0.391. The number of hydrogen-bond donors (Lipinski definition) is 0. The van der Waals surface area contributed by atoms with Gasteiger partial charge in [0.05, 0.1) is 11.6 Å². The fourth-order valence-electron chi connectivity index (χ4n) is 4.26. The maximum atomic E-state index is 13.0. The highest BCUT2D eigenvalue weighted by molar-refractivity contribution is 5.95. The summed E-state index contributed by atoms with van der Waals surface area (Å²) < 4.78 is 0. The summed E-state index contributed by atoms with van der Waals surface area (Å²) in [4.78, 5) is 17.6. The summed E-state index contributed by atoms with van der Waals surface area (Å²) in [7, 11) is 0. The number of carbonyl (C=O) groups is 1. The monoisotopic (exact) mass is 359 g/mol. The van der Waals surface area contributed by atoms with E-state index < -0.39 is 0 Å². The van der Waals surface area contributed by atoms with Crippen LogP contribution in [0.15, 0.2) is 48.5 Å². The Labute approximate surface area is 161 Å². The molecule has 1 atom stereocenters. The third-order valence-corrected chi connectivity index (χ3v) is 5.78. The molecule has 0 saturated carbocycles. The van der Waals surface area contributed by atoms with Crippen molar-refractivity contribution in [2.45, 2.75) is 31.7 Å². The SMILES string of the molecule is N#Cc1ccc(-c2ccc(C(=O)N3CCC[C@H]3CN3CCCC3)cc2)cc1. The Morgan fingerprint density at radius 2 is 1.56 bits per heavy atom. The van der Waals surface area contributed by atoms with Gasteiger partial charge in [-0.3, -0.25) is 4.79 Å². The van der Waals surface area contributed by atoms with Gasteiger partial charge in [0.25, 0.3) is 5.91 Å². The van der Waals surface area contributed by atoms with Gasteiger partial charge < -0.3 is 9.80 Å². The van der Waals surface area contributed by atoms with Crippen LogP contribution in [-0.4, -0.2) is 47.9 Å². The molecule has 0 aromatic heterocycles. The molecule has 0 N–H and O–H groups in total. The molecular formula is C23H25N3O. The average Bonchev–Trinajstić information content (AvgIpc) is 3.40. The van der Waals surface area contributed by atoms with E-state index in [2.05, 4.69) is 15.9 Å². The van der Waals surface area contributed by atoms with Gasteiger partial charge in [-0.1, -0.05) is 24.3 Å². The van der Waals surface area contributed by atoms with E-state index in [0.29, 0.717) is 11.6 Å². The first-order chi connectivity index (χ1) is 13.2. The second kappa shape index (κ2) is 7.94. The van der Waals surface area contributed by atoms with E-state index in [0.717, 1.165) is 42.6 Å². The molecule has 1 amide bonds. The number of likely N-dealkylation sites (tertiary alicyclic amines) is 2. The van der Waals surface area contributed by atoms with E-state index in [-0.39, 0.29) is 5.91 Å². The lowest BCUT2D eigenvalue weighted by Crippen LogP contribution is -2.42. The molecule has 2 aromatic rings. The van der Waals surface area contributed by atoms with Crippen LogP contribution in [0.2, 0.25) is 0 Å².